The van der Waals surface area contributed by atoms with Crippen LogP contribution in [0, 0.1) is 6.92 Å². The molecule has 0 saturated carbocycles. The van der Waals surface area contributed by atoms with Gasteiger partial charge in [0.15, 0.2) is 0 Å². The Morgan fingerprint density at radius 2 is 2.14 bits per heavy atom. The highest BCUT2D eigenvalue weighted by Gasteiger charge is 2.14. The molecule has 0 saturated heterocycles. The van der Waals surface area contributed by atoms with Crippen molar-refractivity contribution >= 4 is 17.0 Å². The largest absolute Gasteiger partial charge is 0.378 e. The molecule has 0 fully saturated rings. The highest BCUT2D eigenvalue weighted by molar-refractivity contribution is 7.09. The van der Waals surface area contributed by atoms with Crippen molar-refractivity contribution in [2.45, 2.75) is 32.7 Å². The van der Waals surface area contributed by atoms with Crippen LogP contribution >= 0.6 is 11.3 Å². The van der Waals surface area contributed by atoms with Crippen molar-refractivity contribution in [3.05, 3.63) is 45.9 Å². The lowest BCUT2D eigenvalue weighted by atomic mass is 10.0. The van der Waals surface area contributed by atoms with Crippen molar-refractivity contribution in [2.75, 3.05) is 25.5 Å². The third kappa shape index (κ3) is 4.55. The molecule has 1 heterocycles. The molecule has 1 unspecified atom stereocenters. The molecule has 1 aromatic carbocycles. The molecule has 114 valence electrons. The number of benzene rings is 1. The second kappa shape index (κ2) is 7.57. The van der Waals surface area contributed by atoms with Crippen LogP contribution in [0.2, 0.25) is 0 Å². The Hall–Kier alpha value is -1.39. The van der Waals surface area contributed by atoms with Gasteiger partial charge in [-0.25, -0.2) is 4.98 Å². The van der Waals surface area contributed by atoms with E-state index in [0.717, 1.165) is 24.4 Å². The van der Waals surface area contributed by atoms with E-state index in [1.807, 2.05) is 0 Å². The van der Waals surface area contributed by atoms with Crippen LogP contribution in [0.25, 0.3) is 0 Å². The number of aryl methyl sites for hydroxylation is 1. The van der Waals surface area contributed by atoms with E-state index >= 15 is 0 Å². The fourth-order valence-corrected chi connectivity index (χ4v) is 2.98. The number of rotatable bonds is 7. The summed E-state index contributed by atoms with van der Waals surface area (Å²) in [5, 5.41) is 6.97. The average molecular weight is 303 g/mol. The summed E-state index contributed by atoms with van der Waals surface area (Å²) in [7, 11) is 4.16. The summed E-state index contributed by atoms with van der Waals surface area (Å²) in [6.45, 7) is 5.29. The second-order valence-electron chi connectivity index (χ2n) is 5.56. The van der Waals surface area contributed by atoms with Gasteiger partial charge >= 0.3 is 0 Å². The zero-order chi connectivity index (χ0) is 15.2. The first-order valence-electron chi connectivity index (χ1n) is 7.51. The van der Waals surface area contributed by atoms with E-state index in [4.69, 9.17) is 0 Å². The maximum atomic E-state index is 4.61. The number of hydrogen-bond donors (Lipinski definition) is 1. The lowest BCUT2D eigenvalue weighted by Crippen LogP contribution is -2.24. The van der Waals surface area contributed by atoms with Gasteiger partial charge in [-0.1, -0.05) is 19.1 Å². The Bertz CT molecular complexity index is 563. The van der Waals surface area contributed by atoms with Crippen LogP contribution in [-0.4, -0.2) is 25.6 Å². The summed E-state index contributed by atoms with van der Waals surface area (Å²) in [5.41, 5.74) is 3.76. The number of nitrogens with one attached hydrogen (secondary N) is 1. The van der Waals surface area contributed by atoms with Gasteiger partial charge in [0.25, 0.3) is 0 Å². The normalized spacial score (nSPS) is 12.4. The van der Waals surface area contributed by atoms with Gasteiger partial charge in [0.2, 0.25) is 0 Å². The van der Waals surface area contributed by atoms with Gasteiger partial charge in [-0.3, -0.25) is 0 Å². The first-order valence-corrected chi connectivity index (χ1v) is 8.39. The number of anilines is 1. The predicted octanol–water partition coefficient (Wildman–Crippen LogP) is 3.80. The lowest BCUT2D eigenvalue weighted by Gasteiger charge is -2.21. The van der Waals surface area contributed by atoms with Crippen LogP contribution in [0.3, 0.4) is 0 Å². The van der Waals surface area contributed by atoms with E-state index in [1.165, 1.54) is 16.9 Å². The van der Waals surface area contributed by atoms with E-state index in [1.54, 1.807) is 11.3 Å². The molecule has 3 nitrogen and oxygen atoms in total. The zero-order valence-electron chi connectivity index (χ0n) is 13.4. The highest BCUT2D eigenvalue weighted by atomic mass is 32.1. The lowest BCUT2D eigenvalue weighted by molar-refractivity contribution is 0.525. The van der Waals surface area contributed by atoms with E-state index in [9.17, 15) is 0 Å². The average Bonchev–Trinajstić information content (AvgIpc) is 2.89. The second-order valence-corrected chi connectivity index (χ2v) is 6.62. The van der Waals surface area contributed by atoms with Crippen LogP contribution in [0.1, 0.15) is 35.7 Å². The van der Waals surface area contributed by atoms with Gasteiger partial charge in [0, 0.05) is 37.6 Å². The third-order valence-electron chi connectivity index (χ3n) is 3.51. The van der Waals surface area contributed by atoms with Crippen LogP contribution in [0.4, 0.5) is 5.69 Å². The Labute approximate surface area is 132 Å². The summed E-state index contributed by atoms with van der Waals surface area (Å²) in [6, 6.07) is 9.09. The van der Waals surface area contributed by atoms with Crippen molar-refractivity contribution in [2.24, 2.45) is 0 Å². The summed E-state index contributed by atoms with van der Waals surface area (Å²) in [6.07, 6.45) is 2.08. The molecule has 0 aliphatic heterocycles. The molecule has 0 spiro atoms. The maximum Gasteiger partial charge on any atom is 0.0897 e. The monoisotopic (exact) mass is 303 g/mol. The first-order chi connectivity index (χ1) is 10.1. The molecule has 1 N–H and O–H groups in total. The van der Waals surface area contributed by atoms with Crippen LogP contribution in [-0.2, 0) is 6.42 Å². The minimum absolute atomic E-state index is 0.325. The van der Waals surface area contributed by atoms with E-state index in [0.29, 0.717) is 6.04 Å². The van der Waals surface area contributed by atoms with Gasteiger partial charge in [-0.15, -0.1) is 11.3 Å². The minimum atomic E-state index is 0.325. The molecule has 1 atom stereocenters. The molecule has 2 rings (SSSR count). The Kier molecular flexibility index (Phi) is 5.76. The number of nitrogens with zero attached hydrogens (tertiary/aromatic N) is 2. The third-order valence-corrected chi connectivity index (χ3v) is 4.33. The van der Waals surface area contributed by atoms with Gasteiger partial charge in [0.1, 0.15) is 0 Å². The Morgan fingerprint density at radius 3 is 2.76 bits per heavy atom. The molecule has 21 heavy (non-hydrogen) atoms. The van der Waals surface area contributed by atoms with Crippen LogP contribution in [0.5, 0.6) is 0 Å². The van der Waals surface area contributed by atoms with Crippen molar-refractivity contribution in [3.8, 4) is 0 Å². The maximum absolute atomic E-state index is 4.61. The standard InChI is InChI=1S/C17H25N3S/c1-5-9-18-17(11-15-12-21-13(2)19-15)14-7-6-8-16(10-14)20(3)4/h6-8,10,12,17-18H,5,9,11H2,1-4H3. The predicted molar refractivity (Wildman–Crippen MR) is 92.4 cm³/mol. The van der Waals surface area contributed by atoms with E-state index in [-0.39, 0.29) is 0 Å². The molecule has 0 aliphatic carbocycles. The van der Waals surface area contributed by atoms with Crippen molar-refractivity contribution in [1.29, 1.82) is 0 Å². The molecular formula is C17H25N3S. The molecule has 2 aromatic rings. The Balaban J connectivity index is 2.20. The Morgan fingerprint density at radius 1 is 1.33 bits per heavy atom. The highest BCUT2D eigenvalue weighted by Crippen LogP contribution is 2.23. The first kappa shape index (κ1) is 16.0. The zero-order valence-corrected chi connectivity index (χ0v) is 14.2. The molecule has 4 heteroatoms. The summed E-state index contributed by atoms with van der Waals surface area (Å²) < 4.78 is 0. The fourth-order valence-electron chi connectivity index (χ4n) is 2.36. The topological polar surface area (TPSA) is 28.2 Å². The number of hydrogen-bond acceptors (Lipinski definition) is 4. The molecule has 0 bridgehead atoms. The fraction of sp³-hybridized carbons (Fsp3) is 0.471. The van der Waals surface area contributed by atoms with Crippen LogP contribution < -0.4 is 10.2 Å². The van der Waals surface area contributed by atoms with Gasteiger partial charge in [-0.05, 0) is 37.6 Å². The SMILES string of the molecule is CCCNC(Cc1csc(C)n1)c1cccc(N(C)C)c1. The van der Waals surface area contributed by atoms with Crippen LogP contribution in [0.15, 0.2) is 29.6 Å². The number of aromatic nitrogens is 1. The number of thiazole rings is 1. The van der Waals surface area contributed by atoms with Crippen molar-refractivity contribution < 1.29 is 0 Å². The van der Waals surface area contributed by atoms with Crippen molar-refractivity contribution in [3.63, 3.8) is 0 Å². The van der Waals surface area contributed by atoms with Gasteiger partial charge in [-0.2, -0.15) is 0 Å². The molecule has 0 radical (unpaired) electrons. The van der Waals surface area contributed by atoms with E-state index in [2.05, 4.69) is 72.8 Å². The molecule has 1 aromatic heterocycles. The molecule has 0 amide bonds. The quantitative estimate of drug-likeness (QED) is 0.843. The van der Waals surface area contributed by atoms with Crippen molar-refractivity contribution in [1.82, 2.24) is 10.3 Å². The van der Waals surface area contributed by atoms with Gasteiger partial charge in [0.05, 0.1) is 10.7 Å². The van der Waals surface area contributed by atoms with Gasteiger partial charge < -0.3 is 10.2 Å². The van der Waals surface area contributed by atoms with E-state index < -0.39 is 0 Å². The smallest absolute Gasteiger partial charge is 0.0897 e. The molecule has 0 aliphatic rings. The summed E-state index contributed by atoms with van der Waals surface area (Å²) in [5.74, 6) is 0. The molecular weight excluding hydrogens is 278 g/mol. The summed E-state index contributed by atoms with van der Waals surface area (Å²) >= 11 is 1.73. The summed E-state index contributed by atoms with van der Waals surface area (Å²) in [4.78, 5) is 6.76. The minimum Gasteiger partial charge on any atom is -0.378 e.